The summed E-state index contributed by atoms with van der Waals surface area (Å²) in [7, 11) is 0. The fourth-order valence-electron chi connectivity index (χ4n) is 1.07. The van der Waals surface area contributed by atoms with Crippen molar-refractivity contribution in [1.29, 1.82) is 0 Å². The summed E-state index contributed by atoms with van der Waals surface area (Å²) in [6.45, 7) is 1.66. The Morgan fingerprint density at radius 2 is 1.87 bits per heavy atom. The van der Waals surface area contributed by atoms with Gasteiger partial charge >= 0.3 is 0 Å². The molecule has 5 nitrogen and oxygen atoms in total. The first-order valence-electron chi connectivity index (χ1n) is 4.48. The van der Waals surface area contributed by atoms with Gasteiger partial charge in [0.1, 0.15) is 11.5 Å². The van der Waals surface area contributed by atoms with Crippen molar-refractivity contribution < 1.29 is 20.1 Å². The van der Waals surface area contributed by atoms with Crippen LogP contribution in [0.25, 0.3) is 0 Å². The average Bonchev–Trinajstić information content (AvgIpc) is 2.12. The van der Waals surface area contributed by atoms with Crippen LogP contribution >= 0.6 is 0 Å². The molecule has 1 aromatic carbocycles. The average molecular weight is 211 g/mol. The number of phenolic OH excluding ortho intramolecular Hbond substituents is 2. The molecule has 0 aliphatic heterocycles. The van der Waals surface area contributed by atoms with E-state index in [1.807, 2.05) is 0 Å². The molecule has 0 saturated heterocycles. The number of carbonyl (C=O) groups excluding carboxylic acids is 1. The molecule has 0 aliphatic carbocycles. The molecule has 0 aromatic heterocycles. The number of aliphatic hydroxyl groups is 1. The highest BCUT2D eigenvalue weighted by Crippen LogP contribution is 2.20. The number of amides is 1. The largest absolute Gasteiger partial charge is 0.508 e. The summed E-state index contributed by atoms with van der Waals surface area (Å²) < 4.78 is 0. The summed E-state index contributed by atoms with van der Waals surface area (Å²) >= 11 is 0. The van der Waals surface area contributed by atoms with E-state index in [1.165, 1.54) is 12.1 Å². The van der Waals surface area contributed by atoms with Crippen LogP contribution in [0.3, 0.4) is 0 Å². The van der Waals surface area contributed by atoms with E-state index in [-0.39, 0.29) is 23.6 Å². The van der Waals surface area contributed by atoms with Gasteiger partial charge in [-0.25, -0.2) is 0 Å². The van der Waals surface area contributed by atoms with Crippen LogP contribution in [0.5, 0.6) is 11.5 Å². The van der Waals surface area contributed by atoms with Crippen LogP contribution in [0, 0.1) is 0 Å². The lowest BCUT2D eigenvalue weighted by Gasteiger charge is -2.07. The molecule has 1 amide bonds. The maximum atomic E-state index is 11.4. The van der Waals surface area contributed by atoms with Gasteiger partial charge in [-0.1, -0.05) is 0 Å². The van der Waals surface area contributed by atoms with Gasteiger partial charge in [-0.2, -0.15) is 0 Å². The Labute approximate surface area is 87.0 Å². The Kier molecular flexibility index (Phi) is 3.51. The summed E-state index contributed by atoms with van der Waals surface area (Å²) in [5, 5.41) is 29.6. The van der Waals surface area contributed by atoms with E-state index in [0.717, 1.165) is 6.07 Å². The highest BCUT2D eigenvalue weighted by atomic mass is 16.3. The van der Waals surface area contributed by atoms with Gasteiger partial charge in [0.15, 0.2) is 0 Å². The van der Waals surface area contributed by atoms with Crippen molar-refractivity contribution in [2.75, 3.05) is 6.54 Å². The molecule has 0 fully saturated rings. The van der Waals surface area contributed by atoms with E-state index in [2.05, 4.69) is 5.32 Å². The summed E-state index contributed by atoms with van der Waals surface area (Å²) in [5.74, 6) is -0.823. The highest BCUT2D eigenvalue weighted by Gasteiger charge is 2.08. The number of carbonyl (C=O) groups is 1. The Balaban J connectivity index is 2.73. The van der Waals surface area contributed by atoms with Crippen molar-refractivity contribution in [2.45, 2.75) is 13.0 Å². The monoisotopic (exact) mass is 211 g/mol. The molecule has 82 valence electrons. The molecule has 0 spiro atoms. The van der Waals surface area contributed by atoms with Crippen LogP contribution in [-0.4, -0.2) is 33.9 Å². The van der Waals surface area contributed by atoms with Crippen LogP contribution in [0.2, 0.25) is 0 Å². The molecular weight excluding hydrogens is 198 g/mol. The van der Waals surface area contributed by atoms with E-state index >= 15 is 0 Å². The molecule has 4 N–H and O–H groups in total. The summed E-state index contributed by atoms with van der Waals surface area (Å²) in [6.07, 6.45) is -0.639. The third kappa shape index (κ3) is 3.47. The molecular formula is C10H13NO4. The topological polar surface area (TPSA) is 89.8 Å². The molecule has 1 aromatic rings. The van der Waals surface area contributed by atoms with Gasteiger partial charge in [-0.3, -0.25) is 4.79 Å². The second-order valence-corrected chi connectivity index (χ2v) is 3.30. The molecule has 5 heteroatoms. The second kappa shape index (κ2) is 4.65. The van der Waals surface area contributed by atoms with Crippen molar-refractivity contribution >= 4 is 5.91 Å². The first-order chi connectivity index (χ1) is 6.99. The molecule has 0 heterocycles. The fourth-order valence-corrected chi connectivity index (χ4v) is 1.07. The smallest absolute Gasteiger partial charge is 0.251 e. The van der Waals surface area contributed by atoms with E-state index in [9.17, 15) is 4.79 Å². The summed E-state index contributed by atoms with van der Waals surface area (Å²) in [5.41, 5.74) is 0.146. The van der Waals surface area contributed by atoms with Crippen molar-refractivity contribution in [3.05, 3.63) is 23.8 Å². The zero-order chi connectivity index (χ0) is 11.4. The normalized spacial score (nSPS) is 12.1. The van der Waals surface area contributed by atoms with E-state index in [0.29, 0.717) is 0 Å². The lowest BCUT2D eigenvalue weighted by molar-refractivity contribution is 0.0923. The molecule has 0 radical (unpaired) electrons. The molecule has 1 rings (SSSR count). The van der Waals surface area contributed by atoms with Crippen LogP contribution in [0.1, 0.15) is 17.3 Å². The summed E-state index contributed by atoms with van der Waals surface area (Å²) in [4.78, 5) is 11.4. The maximum absolute atomic E-state index is 11.4. The lowest BCUT2D eigenvalue weighted by Crippen LogP contribution is -2.30. The van der Waals surface area contributed by atoms with Gasteiger partial charge in [0.2, 0.25) is 0 Å². The van der Waals surface area contributed by atoms with Crippen molar-refractivity contribution in [2.24, 2.45) is 0 Å². The minimum atomic E-state index is -0.639. The lowest BCUT2D eigenvalue weighted by atomic mass is 10.2. The Bertz CT molecular complexity index is 342. The molecule has 0 bridgehead atoms. The van der Waals surface area contributed by atoms with Crippen LogP contribution < -0.4 is 5.32 Å². The Morgan fingerprint density at radius 3 is 2.33 bits per heavy atom. The molecule has 0 saturated carbocycles. The maximum Gasteiger partial charge on any atom is 0.251 e. The molecule has 0 aliphatic rings. The van der Waals surface area contributed by atoms with Gasteiger partial charge in [0, 0.05) is 18.2 Å². The van der Waals surface area contributed by atoms with E-state index < -0.39 is 12.0 Å². The quantitative estimate of drug-likeness (QED) is 0.575. The van der Waals surface area contributed by atoms with Crippen LogP contribution in [0.15, 0.2) is 18.2 Å². The fraction of sp³-hybridized carbons (Fsp3) is 0.300. The molecule has 0 unspecified atom stereocenters. The molecule has 1 atom stereocenters. The zero-order valence-corrected chi connectivity index (χ0v) is 8.27. The van der Waals surface area contributed by atoms with E-state index in [1.54, 1.807) is 6.92 Å². The third-order valence-corrected chi connectivity index (χ3v) is 1.72. The first-order valence-corrected chi connectivity index (χ1v) is 4.48. The first kappa shape index (κ1) is 11.3. The van der Waals surface area contributed by atoms with Gasteiger partial charge in [0.05, 0.1) is 6.10 Å². The van der Waals surface area contributed by atoms with Crippen molar-refractivity contribution in [3.63, 3.8) is 0 Å². The number of phenols is 2. The predicted octanol–water partition coefficient (Wildman–Crippen LogP) is 0.208. The standard InChI is InChI=1S/C10H13NO4/c1-6(12)5-11-10(15)7-2-8(13)4-9(14)3-7/h2-4,6,12-14H,5H2,1H3,(H,11,15)/t6-/m1/s1. The minimum absolute atomic E-state index is 0.120. The number of rotatable bonds is 3. The number of hydrogen-bond donors (Lipinski definition) is 4. The number of aliphatic hydroxyl groups excluding tert-OH is 1. The third-order valence-electron chi connectivity index (χ3n) is 1.72. The predicted molar refractivity (Wildman–Crippen MR) is 53.8 cm³/mol. The summed E-state index contributed by atoms with van der Waals surface area (Å²) in [6, 6.07) is 3.60. The van der Waals surface area contributed by atoms with Gasteiger partial charge in [0.25, 0.3) is 5.91 Å². The highest BCUT2D eigenvalue weighted by molar-refractivity contribution is 5.95. The van der Waals surface area contributed by atoms with Crippen molar-refractivity contribution in [1.82, 2.24) is 5.32 Å². The van der Waals surface area contributed by atoms with E-state index in [4.69, 9.17) is 15.3 Å². The number of benzene rings is 1. The number of hydrogen-bond acceptors (Lipinski definition) is 4. The van der Waals surface area contributed by atoms with Gasteiger partial charge in [-0.05, 0) is 19.1 Å². The second-order valence-electron chi connectivity index (χ2n) is 3.30. The zero-order valence-electron chi connectivity index (χ0n) is 8.27. The van der Waals surface area contributed by atoms with Crippen molar-refractivity contribution in [3.8, 4) is 11.5 Å². The van der Waals surface area contributed by atoms with Gasteiger partial charge in [-0.15, -0.1) is 0 Å². The Hall–Kier alpha value is -1.75. The SMILES string of the molecule is C[C@@H](O)CNC(=O)c1cc(O)cc(O)c1. The minimum Gasteiger partial charge on any atom is -0.508 e. The number of nitrogens with one attached hydrogen (secondary N) is 1. The van der Waals surface area contributed by atoms with Gasteiger partial charge < -0.3 is 20.6 Å². The van der Waals surface area contributed by atoms with Crippen LogP contribution in [0.4, 0.5) is 0 Å². The van der Waals surface area contributed by atoms with Crippen LogP contribution in [-0.2, 0) is 0 Å². The Morgan fingerprint density at radius 1 is 1.33 bits per heavy atom. The molecule has 15 heavy (non-hydrogen) atoms. The number of aromatic hydroxyl groups is 2.